The normalized spacial score (nSPS) is 12.3. The number of esters is 3. The van der Waals surface area contributed by atoms with Crippen molar-refractivity contribution in [3.63, 3.8) is 0 Å². The van der Waals surface area contributed by atoms with E-state index in [-0.39, 0.29) is 31.1 Å². The molecule has 0 aromatic carbocycles. The highest BCUT2D eigenvalue weighted by atomic mass is 16.6. The Morgan fingerprint density at radius 2 is 0.493 bits per heavy atom. The van der Waals surface area contributed by atoms with Crippen LogP contribution in [0.25, 0.3) is 0 Å². The topological polar surface area (TPSA) is 78.9 Å². The molecular formula is C69H126O6. The summed E-state index contributed by atoms with van der Waals surface area (Å²) in [7, 11) is 0. The van der Waals surface area contributed by atoms with Crippen molar-refractivity contribution in [2.45, 2.75) is 361 Å². The van der Waals surface area contributed by atoms with Gasteiger partial charge in [-0.1, -0.05) is 307 Å². The molecule has 0 aromatic rings. The third-order valence-corrected chi connectivity index (χ3v) is 14.8. The van der Waals surface area contributed by atoms with E-state index >= 15 is 0 Å². The molecule has 6 nitrogen and oxygen atoms in total. The minimum absolute atomic E-state index is 0.0717. The summed E-state index contributed by atoms with van der Waals surface area (Å²) in [6.07, 6.45) is 79.9. The molecule has 438 valence electrons. The Hall–Kier alpha value is -2.63. The number of hydrogen-bond donors (Lipinski definition) is 0. The van der Waals surface area contributed by atoms with Crippen molar-refractivity contribution >= 4 is 17.9 Å². The van der Waals surface area contributed by atoms with Gasteiger partial charge < -0.3 is 14.2 Å². The Morgan fingerprint density at radius 1 is 0.267 bits per heavy atom. The maximum atomic E-state index is 12.9. The number of unbranched alkanes of at least 4 members (excludes halogenated alkanes) is 42. The predicted octanol–water partition coefficient (Wildman–Crippen LogP) is 22.6. The van der Waals surface area contributed by atoms with Crippen LogP contribution >= 0.6 is 0 Å². The summed E-state index contributed by atoms with van der Waals surface area (Å²) in [6, 6.07) is 0. The summed E-state index contributed by atoms with van der Waals surface area (Å²) in [5.41, 5.74) is 0. The molecule has 6 heteroatoms. The molecule has 0 aliphatic heterocycles. The lowest BCUT2D eigenvalue weighted by molar-refractivity contribution is -0.167. The highest BCUT2D eigenvalue weighted by molar-refractivity contribution is 5.71. The Labute approximate surface area is 467 Å². The standard InChI is InChI=1S/C69H126O6/c1-4-7-10-13-16-19-22-24-26-28-29-30-31-32-33-34-35-36-37-38-39-41-42-44-47-50-53-56-59-62-68(71)74-65-66(64-73-67(70)61-58-55-52-49-46-21-18-15-12-9-6-3)75-69(72)63-60-57-54-51-48-45-43-40-27-25-23-20-17-14-11-8-5-2/h15,18,22,24,28-29,31-32,66H,4-14,16-17,19-21,23,25-27,30,33-65H2,1-3H3/b18-15-,24-22-,29-28-,32-31-. The van der Waals surface area contributed by atoms with Crippen molar-refractivity contribution in [1.29, 1.82) is 0 Å². The van der Waals surface area contributed by atoms with Gasteiger partial charge in [0.15, 0.2) is 6.10 Å². The van der Waals surface area contributed by atoms with Gasteiger partial charge in [-0.3, -0.25) is 14.4 Å². The van der Waals surface area contributed by atoms with Crippen molar-refractivity contribution in [1.82, 2.24) is 0 Å². The monoisotopic (exact) mass is 1050 g/mol. The van der Waals surface area contributed by atoms with Gasteiger partial charge in [0.05, 0.1) is 0 Å². The van der Waals surface area contributed by atoms with E-state index in [9.17, 15) is 14.4 Å². The average Bonchev–Trinajstić information content (AvgIpc) is 3.41. The van der Waals surface area contributed by atoms with Crippen molar-refractivity contribution in [3.8, 4) is 0 Å². The summed E-state index contributed by atoms with van der Waals surface area (Å²) in [6.45, 7) is 6.64. The lowest BCUT2D eigenvalue weighted by Gasteiger charge is -2.18. The van der Waals surface area contributed by atoms with Crippen molar-refractivity contribution in [2.24, 2.45) is 0 Å². The van der Waals surface area contributed by atoms with E-state index in [1.54, 1.807) is 0 Å². The summed E-state index contributed by atoms with van der Waals surface area (Å²) < 4.78 is 16.9. The Balaban J connectivity index is 4.16. The molecule has 0 radical (unpaired) electrons. The highest BCUT2D eigenvalue weighted by Crippen LogP contribution is 2.18. The molecule has 0 aliphatic rings. The molecule has 0 aromatic heterocycles. The van der Waals surface area contributed by atoms with Gasteiger partial charge in [0, 0.05) is 19.3 Å². The summed E-state index contributed by atoms with van der Waals surface area (Å²) >= 11 is 0. The summed E-state index contributed by atoms with van der Waals surface area (Å²) in [4.78, 5) is 38.2. The molecule has 0 heterocycles. The second kappa shape index (κ2) is 63.9. The molecule has 1 unspecified atom stereocenters. The third kappa shape index (κ3) is 62.1. The highest BCUT2D eigenvalue weighted by Gasteiger charge is 2.19. The number of rotatable bonds is 61. The Kier molecular flexibility index (Phi) is 61.7. The summed E-state index contributed by atoms with van der Waals surface area (Å²) in [5, 5.41) is 0. The summed E-state index contributed by atoms with van der Waals surface area (Å²) in [5.74, 6) is -0.861. The molecule has 0 saturated carbocycles. The van der Waals surface area contributed by atoms with Gasteiger partial charge >= 0.3 is 17.9 Å². The smallest absolute Gasteiger partial charge is 0.306 e. The SMILES string of the molecule is CCCC/C=C\CCCCCCCC(=O)OCC(COC(=O)CCCCCCCCCCCCCCCC/C=C\C/C=C\C/C=C\CCCCCCC)OC(=O)CCCCCCCCCCCCCCCCCCC. The molecular weight excluding hydrogens is 925 g/mol. The van der Waals surface area contributed by atoms with Crippen molar-refractivity contribution in [3.05, 3.63) is 48.6 Å². The fraction of sp³-hybridized carbons (Fsp3) is 0.841. The quantitative estimate of drug-likeness (QED) is 0.0261. The number of hydrogen-bond acceptors (Lipinski definition) is 6. The zero-order valence-corrected chi connectivity index (χ0v) is 50.3. The molecule has 0 amide bonds. The molecule has 0 rings (SSSR count). The largest absolute Gasteiger partial charge is 0.462 e. The van der Waals surface area contributed by atoms with E-state index in [2.05, 4.69) is 69.4 Å². The number of ether oxygens (including phenoxy) is 3. The minimum Gasteiger partial charge on any atom is -0.462 e. The van der Waals surface area contributed by atoms with E-state index in [1.807, 2.05) is 0 Å². The fourth-order valence-electron chi connectivity index (χ4n) is 9.79. The van der Waals surface area contributed by atoms with Crippen LogP contribution in [0.3, 0.4) is 0 Å². The molecule has 0 fully saturated rings. The van der Waals surface area contributed by atoms with Gasteiger partial charge in [-0.25, -0.2) is 0 Å². The van der Waals surface area contributed by atoms with Gasteiger partial charge in [-0.2, -0.15) is 0 Å². The van der Waals surface area contributed by atoms with Crippen LogP contribution in [0.1, 0.15) is 355 Å². The lowest BCUT2D eigenvalue weighted by Crippen LogP contribution is -2.30. The Bertz CT molecular complexity index is 1300. The van der Waals surface area contributed by atoms with Gasteiger partial charge in [0.25, 0.3) is 0 Å². The first-order valence-electron chi connectivity index (χ1n) is 33.1. The van der Waals surface area contributed by atoms with Crippen LogP contribution in [-0.4, -0.2) is 37.2 Å². The van der Waals surface area contributed by atoms with Crippen LogP contribution in [-0.2, 0) is 28.6 Å². The van der Waals surface area contributed by atoms with E-state index in [0.29, 0.717) is 19.3 Å². The molecule has 0 spiro atoms. The van der Waals surface area contributed by atoms with Gasteiger partial charge in [0.1, 0.15) is 13.2 Å². The molecule has 75 heavy (non-hydrogen) atoms. The molecule has 0 aliphatic carbocycles. The molecule has 0 bridgehead atoms. The maximum absolute atomic E-state index is 12.9. The van der Waals surface area contributed by atoms with Crippen LogP contribution < -0.4 is 0 Å². The number of carbonyl (C=O) groups excluding carboxylic acids is 3. The van der Waals surface area contributed by atoms with E-state index < -0.39 is 6.10 Å². The second-order valence-electron chi connectivity index (χ2n) is 22.4. The predicted molar refractivity (Wildman–Crippen MR) is 325 cm³/mol. The number of carbonyl (C=O) groups is 3. The van der Waals surface area contributed by atoms with Crippen molar-refractivity contribution in [2.75, 3.05) is 13.2 Å². The van der Waals surface area contributed by atoms with Crippen LogP contribution in [0, 0.1) is 0 Å². The first-order valence-corrected chi connectivity index (χ1v) is 33.1. The number of allylic oxidation sites excluding steroid dienone is 8. The lowest BCUT2D eigenvalue weighted by atomic mass is 10.0. The van der Waals surface area contributed by atoms with Crippen LogP contribution in [0.4, 0.5) is 0 Å². The maximum Gasteiger partial charge on any atom is 0.306 e. The van der Waals surface area contributed by atoms with Crippen molar-refractivity contribution < 1.29 is 28.6 Å². The molecule has 0 saturated heterocycles. The zero-order valence-electron chi connectivity index (χ0n) is 50.3. The van der Waals surface area contributed by atoms with E-state index in [4.69, 9.17) is 14.2 Å². The van der Waals surface area contributed by atoms with Gasteiger partial charge in [-0.15, -0.1) is 0 Å². The van der Waals surface area contributed by atoms with E-state index in [1.165, 1.54) is 238 Å². The van der Waals surface area contributed by atoms with Gasteiger partial charge in [0.2, 0.25) is 0 Å². The molecule has 0 N–H and O–H groups in total. The van der Waals surface area contributed by atoms with Gasteiger partial charge in [-0.05, 0) is 77.0 Å². The van der Waals surface area contributed by atoms with E-state index in [0.717, 1.165) is 77.0 Å². The third-order valence-electron chi connectivity index (χ3n) is 14.8. The van der Waals surface area contributed by atoms with Crippen LogP contribution in [0.5, 0.6) is 0 Å². The second-order valence-corrected chi connectivity index (χ2v) is 22.4. The average molecular weight is 1050 g/mol. The Morgan fingerprint density at radius 3 is 0.800 bits per heavy atom. The molecule has 1 atom stereocenters. The minimum atomic E-state index is -0.774. The van der Waals surface area contributed by atoms with Crippen LogP contribution in [0.15, 0.2) is 48.6 Å². The fourth-order valence-corrected chi connectivity index (χ4v) is 9.79. The van der Waals surface area contributed by atoms with Crippen LogP contribution in [0.2, 0.25) is 0 Å². The first kappa shape index (κ1) is 72.4. The zero-order chi connectivity index (χ0) is 54.3. The first-order chi connectivity index (χ1) is 37.0.